The van der Waals surface area contributed by atoms with Crippen LogP contribution in [0.4, 0.5) is 0 Å². The molecule has 1 rings (SSSR count). The van der Waals surface area contributed by atoms with Gasteiger partial charge in [-0.2, -0.15) is 13.5 Å². The molecular weight excluding hydrogens is 299 g/mol. The van der Waals surface area contributed by atoms with Crippen LogP contribution in [0.3, 0.4) is 0 Å². The smallest absolute Gasteiger partial charge is 0.264 e. The van der Waals surface area contributed by atoms with Crippen LogP contribution in [0.5, 0.6) is 0 Å². The number of hydrogen-bond donors (Lipinski definition) is 2. The topological polar surface area (TPSA) is 83.1 Å². The van der Waals surface area contributed by atoms with Gasteiger partial charge in [0.15, 0.2) is 8.29 Å². The van der Waals surface area contributed by atoms with E-state index in [0.717, 1.165) is 16.5 Å². The molecule has 2 N–H and O–H groups in total. The van der Waals surface area contributed by atoms with E-state index >= 15 is 0 Å². The van der Waals surface area contributed by atoms with Gasteiger partial charge in [0, 0.05) is 35.3 Å². The first kappa shape index (κ1) is 17.0. The second kappa shape index (κ2) is 8.20. The Kier molecular flexibility index (Phi) is 8.73. The van der Waals surface area contributed by atoms with Crippen molar-refractivity contribution in [3.8, 4) is 0 Å². The Morgan fingerprint density at radius 3 is 2.69 bits per heavy atom. The summed E-state index contributed by atoms with van der Waals surface area (Å²) in [6.07, 6.45) is 1.18. The number of rotatable bonds is 6. The molecule has 1 aromatic heterocycles. The van der Waals surface area contributed by atoms with Crippen LogP contribution in [0.1, 0.15) is 12.8 Å². The van der Waals surface area contributed by atoms with Gasteiger partial charge in [0.1, 0.15) is 0 Å². The molecule has 0 unspecified atom stereocenters. The van der Waals surface area contributed by atoms with Gasteiger partial charge in [-0.15, -0.1) is 0 Å². The van der Waals surface area contributed by atoms with Crippen LogP contribution in [-0.4, -0.2) is 64.2 Å². The molecule has 0 aliphatic rings. The van der Waals surface area contributed by atoms with Gasteiger partial charge in [-0.3, -0.25) is 9.65 Å². The standard InChI is InChI=1S/C6H10N2O3S4.Na/c9-15(10,11)4-2-1-3-13-6-8-7-5(12)14-6;/h1-4H2,(H,7,12)(H,9,10,11);. The SMILES string of the molecule is O=S(=O)(O)CCCCSc1n[nH]c(=S)s1.[Na]. The maximum Gasteiger partial charge on any atom is 0.264 e. The van der Waals surface area contributed by atoms with E-state index in [2.05, 4.69) is 10.2 Å². The number of H-pyrrole nitrogens is 1. The van der Waals surface area contributed by atoms with Crippen molar-refractivity contribution < 1.29 is 13.0 Å². The van der Waals surface area contributed by atoms with Crippen molar-refractivity contribution in [3.63, 3.8) is 0 Å². The van der Waals surface area contributed by atoms with E-state index in [9.17, 15) is 8.42 Å². The molecule has 0 spiro atoms. The van der Waals surface area contributed by atoms with Crippen LogP contribution in [0.25, 0.3) is 0 Å². The summed E-state index contributed by atoms with van der Waals surface area (Å²) in [5.41, 5.74) is 0. The fourth-order valence-electron chi connectivity index (χ4n) is 0.824. The largest absolute Gasteiger partial charge is 0.286 e. The zero-order chi connectivity index (χ0) is 11.3. The molecule has 1 heterocycles. The summed E-state index contributed by atoms with van der Waals surface area (Å²) >= 11 is 7.78. The maximum absolute atomic E-state index is 10.4. The van der Waals surface area contributed by atoms with Crippen molar-refractivity contribution in [1.82, 2.24) is 10.2 Å². The van der Waals surface area contributed by atoms with Crippen LogP contribution in [-0.2, 0) is 10.1 Å². The third kappa shape index (κ3) is 8.18. The molecular formula is C6H10N2NaO3S4. The molecule has 0 aliphatic heterocycles. The monoisotopic (exact) mass is 309 g/mol. The molecule has 1 aromatic rings. The molecule has 0 bridgehead atoms. The second-order valence-electron chi connectivity index (χ2n) is 2.72. The molecule has 0 saturated carbocycles. The molecule has 16 heavy (non-hydrogen) atoms. The predicted octanol–water partition coefficient (Wildman–Crippen LogP) is 1.58. The molecule has 0 aromatic carbocycles. The van der Waals surface area contributed by atoms with E-state index in [-0.39, 0.29) is 35.3 Å². The quantitative estimate of drug-likeness (QED) is 0.273. The van der Waals surface area contributed by atoms with Gasteiger partial charge in [0.05, 0.1) is 5.75 Å². The van der Waals surface area contributed by atoms with Crippen LogP contribution in [0.2, 0.25) is 0 Å². The number of hydrogen-bond acceptors (Lipinski definition) is 6. The number of aromatic amines is 1. The molecule has 0 saturated heterocycles. The fraction of sp³-hybridized carbons (Fsp3) is 0.667. The molecule has 87 valence electrons. The second-order valence-corrected chi connectivity index (χ2v) is 7.30. The Labute approximate surface area is 129 Å². The zero-order valence-electron chi connectivity index (χ0n) is 8.67. The van der Waals surface area contributed by atoms with E-state index < -0.39 is 10.1 Å². The van der Waals surface area contributed by atoms with E-state index in [4.69, 9.17) is 16.8 Å². The first-order valence-electron chi connectivity index (χ1n) is 4.11. The van der Waals surface area contributed by atoms with Crippen molar-refractivity contribution in [3.05, 3.63) is 3.95 Å². The third-order valence-electron chi connectivity index (χ3n) is 1.44. The summed E-state index contributed by atoms with van der Waals surface area (Å²) in [5, 5.41) is 6.61. The Balaban J connectivity index is 0.00000225. The molecule has 0 amide bonds. The maximum atomic E-state index is 10.4. The minimum absolute atomic E-state index is 0. The van der Waals surface area contributed by atoms with Gasteiger partial charge >= 0.3 is 0 Å². The molecule has 0 aliphatic carbocycles. The van der Waals surface area contributed by atoms with E-state index in [1.807, 2.05) is 0 Å². The molecule has 1 radical (unpaired) electrons. The number of unbranched alkanes of at least 4 members (excludes halogenated alkanes) is 1. The normalized spacial score (nSPS) is 11.1. The summed E-state index contributed by atoms with van der Waals surface area (Å²) in [6, 6.07) is 0. The average molecular weight is 309 g/mol. The number of nitrogens with zero attached hydrogens (tertiary/aromatic N) is 1. The van der Waals surface area contributed by atoms with Gasteiger partial charge in [-0.05, 0) is 25.1 Å². The summed E-state index contributed by atoms with van der Waals surface area (Å²) in [4.78, 5) is 0. The van der Waals surface area contributed by atoms with Gasteiger partial charge in [-0.25, -0.2) is 0 Å². The Morgan fingerprint density at radius 2 is 2.19 bits per heavy atom. The first-order valence-corrected chi connectivity index (χ1v) is 7.93. The number of nitrogens with one attached hydrogen (secondary N) is 1. The summed E-state index contributed by atoms with van der Waals surface area (Å²) in [6.45, 7) is 0. The number of aromatic nitrogens is 2. The Morgan fingerprint density at radius 1 is 1.50 bits per heavy atom. The predicted molar refractivity (Wildman–Crippen MR) is 69.4 cm³/mol. The first-order chi connectivity index (χ1) is 6.97. The summed E-state index contributed by atoms with van der Waals surface area (Å²) in [5.74, 6) is 0.593. The molecule has 10 heteroatoms. The van der Waals surface area contributed by atoms with E-state index in [1.54, 1.807) is 0 Å². The van der Waals surface area contributed by atoms with Crippen molar-refractivity contribution in [2.45, 2.75) is 17.2 Å². The molecule has 0 fully saturated rings. The number of thioether (sulfide) groups is 1. The summed E-state index contributed by atoms with van der Waals surface area (Å²) in [7, 11) is -3.81. The minimum atomic E-state index is -3.81. The van der Waals surface area contributed by atoms with Crippen LogP contribution in [0, 0.1) is 3.95 Å². The average Bonchev–Trinajstić information content (AvgIpc) is 2.49. The molecule has 5 nitrogen and oxygen atoms in total. The van der Waals surface area contributed by atoms with Crippen molar-refractivity contribution >= 4 is 75.0 Å². The van der Waals surface area contributed by atoms with Crippen molar-refractivity contribution in [1.29, 1.82) is 0 Å². The third-order valence-corrected chi connectivity index (χ3v) is 4.56. The van der Waals surface area contributed by atoms with Crippen molar-refractivity contribution in [2.24, 2.45) is 0 Å². The molecule has 0 atom stereocenters. The van der Waals surface area contributed by atoms with Gasteiger partial charge in [-0.1, -0.05) is 23.1 Å². The Hall–Kier alpha value is 1.04. The van der Waals surface area contributed by atoms with Gasteiger partial charge < -0.3 is 0 Å². The van der Waals surface area contributed by atoms with Crippen molar-refractivity contribution in [2.75, 3.05) is 11.5 Å². The van der Waals surface area contributed by atoms with Gasteiger partial charge in [0.2, 0.25) is 0 Å². The van der Waals surface area contributed by atoms with Crippen LogP contribution >= 0.6 is 35.3 Å². The van der Waals surface area contributed by atoms with E-state index in [1.165, 1.54) is 23.1 Å². The fourth-order valence-corrected chi connectivity index (χ4v) is 3.54. The van der Waals surface area contributed by atoms with Crippen LogP contribution in [0.15, 0.2) is 4.34 Å². The van der Waals surface area contributed by atoms with Gasteiger partial charge in [0.25, 0.3) is 10.1 Å². The zero-order valence-corrected chi connectivity index (χ0v) is 13.9. The van der Waals surface area contributed by atoms with E-state index in [0.29, 0.717) is 10.4 Å². The summed E-state index contributed by atoms with van der Waals surface area (Å²) < 4.78 is 30.7. The minimum Gasteiger partial charge on any atom is -0.286 e. The Bertz CT molecular complexity index is 454. The van der Waals surface area contributed by atoms with Crippen LogP contribution < -0.4 is 0 Å².